The van der Waals surface area contributed by atoms with Gasteiger partial charge in [-0.2, -0.15) is 0 Å². The van der Waals surface area contributed by atoms with Crippen molar-refractivity contribution in [3.63, 3.8) is 0 Å². The van der Waals surface area contributed by atoms with E-state index in [2.05, 4.69) is 57.5 Å². The number of nitrogens with zero attached hydrogens (tertiary/aromatic N) is 2. The highest BCUT2D eigenvalue weighted by atomic mass is 15.2. The maximum Gasteiger partial charge on any atom is 0.362 e. The number of rotatable bonds is 2. The lowest BCUT2D eigenvalue weighted by Crippen LogP contribution is -2.55. The normalized spacial score (nSPS) is 18.4. The van der Waals surface area contributed by atoms with Gasteiger partial charge in [-0.1, -0.05) is 13.8 Å². The van der Waals surface area contributed by atoms with E-state index in [1.165, 1.54) is 39.4 Å². The summed E-state index contributed by atoms with van der Waals surface area (Å²) in [7, 11) is 2.15. The van der Waals surface area contributed by atoms with E-state index in [1.54, 1.807) is 0 Å². The fourth-order valence-electron chi connectivity index (χ4n) is 3.56. The highest BCUT2D eigenvalue weighted by molar-refractivity contribution is 6.43. The Morgan fingerprint density at radius 3 is 2.50 bits per heavy atom. The molecule has 2 aliphatic rings. The fraction of sp³-hybridized carbons (Fsp3) is 0.438. The zero-order chi connectivity index (χ0) is 14.6. The molecule has 3 nitrogen and oxygen atoms in total. The monoisotopic (exact) mass is 267 g/mol. The second-order valence-corrected chi connectivity index (χ2v) is 5.66. The molecule has 0 saturated heterocycles. The van der Waals surface area contributed by atoms with E-state index in [1.807, 2.05) is 0 Å². The summed E-state index contributed by atoms with van der Waals surface area (Å²) in [6.45, 7) is 10.9. The summed E-state index contributed by atoms with van der Waals surface area (Å²) in [6, 6.07) is 0. The molecule has 0 aromatic carbocycles. The predicted molar refractivity (Wildman–Crippen MR) is 84.5 cm³/mol. The van der Waals surface area contributed by atoms with Gasteiger partial charge in [0.2, 0.25) is 0 Å². The molecule has 0 aliphatic carbocycles. The zero-order valence-corrected chi connectivity index (χ0v) is 13.0. The Labute approximate surface area is 121 Å². The molecule has 3 radical (unpaired) electrons. The molecule has 1 aromatic rings. The first kappa shape index (κ1) is 13.4. The highest BCUT2D eigenvalue weighted by Gasteiger charge is 2.39. The lowest BCUT2D eigenvalue weighted by molar-refractivity contribution is -0.117. The minimum atomic E-state index is 0.863. The predicted octanol–water partition coefficient (Wildman–Crippen LogP) is 1.44. The molecular weight excluding hydrogens is 245 g/mol. The number of amidine groups is 1. The molecule has 0 spiro atoms. The Kier molecular flexibility index (Phi) is 3.01. The number of hydrogen-bond donors (Lipinski definition) is 1. The van der Waals surface area contributed by atoms with E-state index in [9.17, 15) is 0 Å². The Morgan fingerprint density at radius 1 is 1.20 bits per heavy atom. The molecule has 0 unspecified atom stereocenters. The number of allylic oxidation sites excluding steroid dienone is 1. The van der Waals surface area contributed by atoms with Crippen molar-refractivity contribution in [2.24, 2.45) is 0 Å². The molecule has 2 N–H and O–H groups in total. The van der Waals surface area contributed by atoms with Crippen LogP contribution in [-0.4, -0.2) is 17.9 Å². The molecule has 0 atom stereocenters. The molecule has 20 heavy (non-hydrogen) atoms. The Balaban J connectivity index is 2.21. The third-order valence-corrected chi connectivity index (χ3v) is 4.77. The first-order chi connectivity index (χ1) is 9.51. The lowest BCUT2D eigenvalue weighted by Gasteiger charge is -2.27. The highest BCUT2D eigenvalue weighted by Crippen LogP contribution is 2.35. The number of fused-ring (bicyclic) bond motifs is 2. The topological polar surface area (TPSA) is 36.4 Å². The van der Waals surface area contributed by atoms with E-state index >= 15 is 0 Å². The fourth-order valence-corrected chi connectivity index (χ4v) is 3.56. The maximum absolute atomic E-state index is 6.28. The van der Waals surface area contributed by atoms with Crippen LogP contribution in [0, 0.1) is 13.8 Å². The van der Waals surface area contributed by atoms with Gasteiger partial charge in [-0.05, 0) is 50.4 Å². The average Bonchev–Trinajstić information content (AvgIpc) is 2.82. The Hall–Kier alpha value is -1.55. The molecule has 0 bridgehead atoms. The summed E-state index contributed by atoms with van der Waals surface area (Å²) in [6.07, 6.45) is 4.38. The van der Waals surface area contributed by atoms with E-state index in [0.29, 0.717) is 0 Å². The van der Waals surface area contributed by atoms with Crippen molar-refractivity contribution >= 4 is 19.5 Å². The smallest absolute Gasteiger partial charge is 0.362 e. The van der Waals surface area contributed by atoms with Gasteiger partial charge in [0.05, 0.1) is 5.57 Å². The Bertz CT molecular complexity index is 676. The molecule has 0 amide bonds. The lowest BCUT2D eigenvalue weighted by atomic mass is 9.98. The molecule has 103 valence electrons. The van der Waals surface area contributed by atoms with Gasteiger partial charge in [0.15, 0.2) is 7.55 Å². The van der Waals surface area contributed by atoms with Crippen LogP contribution in [0.3, 0.4) is 0 Å². The van der Waals surface area contributed by atoms with Gasteiger partial charge in [-0.3, -0.25) is 4.81 Å². The van der Waals surface area contributed by atoms with Gasteiger partial charge in [-0.25, -0.2) is 5.41 Å². The number of hydrogen-bond acceptors (Lipinski definition) is 0. The second-order valence-electron chi connectivity index (χ2n) is 5.66. The molecule has 2 aliphatic heterocycles. The van der Waals surface area contributed by atoms with E-state index in [0.717, 1.165) is 18.7 Å². The summed E-state index contributed by atoms with van der Waals surface area (Å²) >= 11 is 0. The van der Waals surface area contributed by atoms with Gasteiger partial charge in [0.1, 0.15) is 5.70 Å². The van der Waals surface area contributed by atoms with Crippen LogP contribution in [0.2, 0.25) is 0 Å². The van der Waals surface area contributed by atoms with Crippen molar-refractivity contribution in [2.45, 2.75) is 47.5 Å². The summed E-state index contributed by atoms with van der Waals surface area (Å²) in [4.78, 5) is 2.13. The molecular formula is C16H22BN3+. The van der Waals surface area contributed by atoms with E-state index in [-0.39, 0.29) is 0 Å². The van der Waals surface area contributed by atoms with Crippen LogP contribution in [0.4, 0.5) is 0 Å². The van der Waals surface area contributed by atoms with Crippen molar-refractivity contribution in [2.75, 3.05) is 0 Å². The van der Waals surface area contributed by atoms with Gasteiger partial charge in [-0.15, -0.1) is 0 Å². The standard InChI is InChI=1S/C16H21BN3/c1-6-12-9(3)14-8-15-13(7-2)10(4)16(18)20(15)17-19(14)11(12)5/h8,18H,6-7H2,1-5H3/p+1. The summed E-state index contributed by atoms with van der Waals surface area (Å²) < 4.78 is 2.27. The van der Waals surface area contributed by atoms with Crippen molar-refractivity contribution < 1.29 is 5.41 Å². The van der Waals surface area contributed by atoms with Crippen molar-refractivity contribution in [3.8, 4) is 0 Å². The van der Waals surface area contributed by atoms with Crippen LogP contribution in [-0.2, 0) is 6.42 Å². The second kappa shape index (κ2) is 4.49. The molecule has 1 aromatic heterocycles. The van der Waals surface area contributed by atoms with Crippen LogP contribution in [0.15, 0.2) is 16.8 Å². The summed E-state index contributed by atoms with van der Waals surface area (Å²) in [5.41, 5.74) is 9.30. The van der Waals surface area contributed by atoms with Crippen molar-refractivity contribution in [1.82, 2.24) is 9.29 Å². The minimum absolute atomic E-state index is 0.863. The molecule has 0 fully saturated rings. The van der Waals surface area contributed by atoms with Gasteiger partial charge in [0.25, 0.3) is 0 Å². The van der Waals surface area contributed by atoms with E-state index < -0.39 is 0 Å². The first-order valence-corrected chi connectivity index (χ1v) is 7.40. The van der Waals surface area contributed by atoms with Gasteiger partial charge >= 0.3 is 5.84 Å². The van der Waals surface area contributed by atoms with Crippen LogP contribution in [0.5, 0.6) is 0 Å². The zero-order valence-electron chi connectivity index (χ0n) is 13.0. The van der Waals surface area contributed by atoms with Crippen LogP contribution < -0.4 is 10.2 Å². The molecule has 3 rings (SSSR count). The third kappa shape index (κ3) is 1.54. The third-order valence-electron chi connectivity index (χ3n) is 4.77. The van der Waals surface area contributed by atoms with Crippen LogP contribution in [0.25, 0.3) is 6.08 Å². The quantitative estimate of drug-likeness (QED) is 0.787. The van der Waals surface area contributed by atoms with Crippen molar-refractivity contribution in [1.29, 1.82) is 0 Å². The molecule has 0 saturated carbocycles. The van der Waals surface area contributed by atoms with Crippen LogP contribution in [0.1, 0.15) is 49.7 Å². The molecule has 3 heterocycles. The average molecular weight is 267 g/mol. The minimum Gasteiger partial charge on any atom is -0.509 e. The number of aromatic nitrogens is 1. The van der Waals surface area contributed by atoms with Crippen LogP contribution >= 0.6 is 0 Å². The Morgan fingerprint density at radius 2 is 1.90 bits per heavy atom. The van der Waals surface area contributed by atoms with Crippen molar-refractivity contribution in [3.05, 3.63) is 39.4 Å². The summed E-state index contributed by atoms with van der Waals surface area (Å²) in [5, 5.41) is 6.28. The SMILES string of the molecule is CCC1=C(C)C(=[NH2+])[N+]2[B-]n3c(C)c(CC)c(C)c3C=C12. The van der Waals surface area contributed by atoms with Gasteiger partial charge in [0, 0.05) is 17.3 Å². The molecule has 4 heteroatoms. The van der Waals surface area contributed by atoms with E-state index in [4.69, 9.17) is 5.41 Å². The number of nitrogens with two attached hydrogens (primary N) is 1. The van der Waals surface area contributed by atoms with Gasteiger partial charge < -0.3 is 4.48 Å². The maximum atomic E-state index is 6.28. The largest absolute Gasteiger partial charge is 0.509 e. The first-order valence-electron chi connectivity index (χ1n) is 7.40. The summed E-state index contributed by atoms with van der Waals surface area (Å²) in [5.74, 6) is 0.863.